The molecule has 94 valence electrons. The number of hydrogen-bond acceptors (Lipinski definition) is 2. The highest BCUT2D eigenvalue weighted by atomic mass is 79.9. The first-order valence-corrected chi connectivity index (χ1v) is 7.21. The van der Waals surface area contributed by atoms with Gasteiger partial charge >= 0.3 is 0 Å². The number of nitrogens with zero attached hydrogens (tertiary/aromatic N) is 2. The van der Waals surface area contributed by atoms with Crippen molar-refractivity contribution in [2.45, 2.75) is 38.5 Å². The Morgan fingerprint density at radius 1 is 1.22 bits per heavy atom. The largest absolute Gasteiger partial charge is 0.262 e. The number of aromatic nitrogens is 3. The van der Waals surface area contributed by atoms with Gasteiger partial charge in [0.05, 0.1) is 0 Å². The van der Waals surface area contributed by atoms with Gasteiger partial charge in [0, 0.05) is 16.0 Å². The SMILES string of the molecule is Cc1cc(Br)cc(-c2n[nH]c(C3CCCC3)n2)c1. The minimum absolute atomic E-state index is 0.583. The molecule has 1 fully saturated rings. The molecule has 18 heavy (non-hydrogen) atoms. The molecule has 0 atom stereocenters. The fraction of sp³-hybridized carbons (Fsp3) is 0.429. The molecule has 1 aromatic carbocycles. The first kappa shape index (κ1) is 11.9. The summed E-state index contributed by atoms with van der Waals surface area (Å²) < 4.78 is 1.07. The summed E-state index contributed by atoms with van der Waals surface area (Å²) in [6, 6.07) is 6.27. The lowest BCUT2D eigenvalue weighted by Gasteiger charge is -2.02. The molecule has 0 radical (unpaired) electrons. The summed E-state index contributed by atoms with van der Waals surface area (Å²) in [7, 11) is 0. The van der Waals surface area contributed by atoms with Gasteiger partial charge in [-0.25, -0.2) is 4.98 Å². The number of nitrogens with one attached hydrogen (secondary N) is 1. The smallest absolute Gasteiger partial charge is 0.181 e. The van der Waals surface area contributed by atoms with E-state index in [0.29, 0.717) is 5.92 Å². The lowest BCUT2D eigenvalue weighted by atomic mass is 10.1. The first-order chi connectivity index (χ1) is 8.72. The molecule has 0 saturated heterocycles. The summed E-state index contributed by atoms with van der Waals surface area (Å²) in [6.45, 7) is 2.08. The Morgan fingerprint density at radius 2 is 2.00 bits per heavy atom. The highest BCUT2D eigenvalue weighted by Gasteiger charge is 2.20. The van der Waals surface area contributed by atoms with Gasteiger partial charge in [-0.1, -0.05) is 28.8 Å². The molecule has 1 aliphatic carbocycles. The molecule has 0 unspecified atom stereocenters. The van der Waals surface area contributed by atoms with E-state index in [1.54, 1.807) is 0 Å². The van der Waals surface area contributed by atoms with Crippen LogP contribution < -0.4 is 0 Å². The van der Waals surface area contributed by atoms with Crippen molar-refractivity contribution in [3.63, 3.8) is 0 Å². The lowest BCUT2D eigenvalue weighted by Crippen LogP contribution is -1.94. The fourth-order valence-electron chi connectivity index (χ4n) is 2.65. The molecule has 1 N–H and O–H groups in total. The van der Waals surface area contributed by atoms with Gasteiger partial charge in [-0.05, 0) is 43.5 Å². The van der Waals surface area contributed by atoms with Gasteiger partial charge in [0.1, 0.15) is 5.82 Å². The van der Waals surface area contributed by atoms with Gasteiger partial charge in [0.15, 0.2) is 5.82 Å². The second-order valence-corrected chi connectivity index (χ2v) is 5.96. The van der Waals surface area contributed by atoms with Crippen LogP contribution in [-0.4, -0.2) is 15.2 Å². The quantitative estimate of drug-likeness (QED) is 0.903. The van der Waals surface area contributed by atoms with E-state index in [1.165, 1.54) is 31.2 Å². The predicted octanol–water partition coefficient (Wildman–Crippen LogP) is 4.20. The van der Waals surface area contributed by atoms with E-state index in [9.17, 15) is 0 Å². The van der Waals surface area contributed by atoms with Crippen molar-refractivity contribution in [3.05, 3.63) is 34.1 Å². The molecule has 3 rings (SSSR count). The number of aromatic amines is 1. The third-order valence-electron chi connectivity index (χ3n) is 3.54. The molecule has 1 aliphatic rings. The van der Waals surface area contributed by atoms with Crippen LogP contribution in [0.3, 0.4) is 0 Å². The molecule has 1 heterocycles. The molecule has 2 aromatic rings. The topological polar surface area (TPSA) is 41.6 Å². The summed E-state index contributed by atoms with van der Waals surface area (Å²) in [6.07, 6.45) is 5.12. The van der Waals surface area contributed by atoms with E-state index in [1.807, 2.05) is 0 Å². The van der Waals surface area contributed by atoms with Crippen molar-refractivity contribution in [3.8, 4) is 11.4 Å². The maximum Gasteiger partial charge on any atom is 0.181 e. The van der Waals surface area contributed by atoms with Crippen molar-refractivity contribution in [1.29, 1.82) is 0 Å². The molecule has 4 heteroatoms. The average Bonchev–Trinajstić information content (AvgIpc) is 2.99. The van der Waals surface area contributed by atoms with Gasteiger partial charge < -0.3 is 0 Å². The van der Waals surface area contributed by atoms with E-state index >= 15 is 0 Å². The van der Waals surface area contributed by atoms with Crippen LogP contribution in [-0.2, 0) is 0 Å². The van der Waals surface area contributed by atoms with Crippen LogP contribution in [0.1, 0.15) is 43.0 Å². The minimum Gasteiger partial charge on any atom is -0.262 e. The molecule has 0 bridgehead atoms. The van der Waals surface area contributed by atoms with Crippen molar-refractivity contribution >= 4 is 15.9 Å². The van der Waals surface area contributed by atoms with E-state index in [-0.39, 0.29) is 0 Å². The zero-order chi connectivity index (χ0) is 12.5. The van der Waals surface area contributed by atoms with Crippen LogP contribution in [0.2, 0.25) is 0 Å². The Morgan fingerprint density at radius 3 is 2.72 bits per heavy atom. The number of aryl methyl sites for hydroxylation is 1. The predicted molar refractivity (Wildman–Crippen MR) is 75.5 cm³/mol. The summed E-state index contributed by atoms with van der Waals surface area (Å²) in [5.41, 5.74) is 2.29. The Labute approximate surface area is 115 Å². The number of H-pyrrole nitrogens is 1. The maximum atomic E-state index is 4.66. The van der Waals surface area contributed by atoms with Crippen LogP contribution in [0.4, 0.5) is 0 Å². The van der Waals surface area contributed by atoms with E-state index in [0.717, 1.165) is 21.7 Å². The average molecular weight is 306 g/mol. The minimum atomic E-state index is 0.583. The van der Waals surface area contributed by atoms with Gasteiger partial charge in [0.25, 0.3) is 0 Å². The molecule has 3 nitrogen and oxygen atoms in total. The van der Waals surface area contributed by atoms with Crippen molar-refractivity contribution in [2.75, 3.05) is 0 Å². The Bertz CT molecular complexity index is 536. The monoisotopic (exact) mass is 305 g/mol. The fourth-order valence-corrected chi connectivity index (χ4v) is 3.26. The first-order valence-electron chi connectivity index (χ1n) is 6.42. The molecule has 0 amide bonds. The molecular formula is C14H16BrN3. The van der Waals surface area contributed by atoms with Gasteiger partial charge in [-0.15, -0.1) is 0 Å². The molecule has 0 aliphatic heterocycles. The van der Waals surface area contributed by atoms with Crippen molar-refractivity contribution in [1.82, 2.24) is 15.2 Å². The molecule has 1 saturated carbocycles. The molecule has 0 spiro atoms. The normalized spacial score (nSPS) is 16.3. The second-order valence-electron chi connectivity index (χ2n) is 5.04. The Balaban J connectivity index is 1.92. The summed E-state index contributed by atoms with van der Waals surface area (Å²) >= 11 is 3.52. The maximum absolute atomic E-state index is 4.66. The van der Waals surface area contributed by atoms with Gasteiger partial charge in [0.2, 0.25) is 0 Å². The Kier molecular flexibility index (Phi) is 3.20. The zero-order valence-corrected chi connectivity index (χ0v) is 12.0. The highest BCUT2D eigenvalue weighted by Crippen LogP contribution is 2.33. The second kappa shape index (κ2) is 4.84. The number of hydrogen-bond donors (Lipinski definition) is 1. The number of rotatable bonds is 2. The van der Waals surface area contributed by atoms with Crippen molar-refractivity contribution in [2.24, 2.45) is 0 Å². The van der Waals surface area contributed by atoms with Crippen molar-refractivity contribution < 1.29 is 0 Å². The van der Waals surface area contributed by atoms with Gasteiger partial charge in [-0.2, -0.15) is 5.10 Å². The standard InChI is InChI=1S/C14H16BrN3/c1-9-6-11(8-12(15)7-9)14-16-13(17-18-14)10-4-2-3-5-10/h6-8,10H,2-5H2,1H3,(H,16,17,18). The highest BCUT2D eigenvalue weighted by molar-refractivity contribution is 9.10. The van der Waals surface area contributed by atoms with Crippen LogP contribution >= 0.6 is 15.9 Å². The van der Waals surface area contributed by atoms with Crippen LogP contribution in [0.5, 0.6) is 0 Å². The van der Waals surface area contributed by atoms with E-state index in [4.69, 9.17) is 0 Å². The van der Waals surface area contributed by atoms with E-state index < -0.39 is 0 Å². The Hall–Kier alpha value is -1.16. The summed E-state index contributed by atoms with van der Waals surface area (Å²) in [5.74, 6) is 2.45. The third-order valence-corrected chi connectivity index (χ3v) is 4.00. The van der Waals surface area contributed by atoms with Crippen LogP contribution in [0.25, 0.3) is 11.4 Å². The number of benzene rings is 1. The summed E-state index contributed by atoms with van der Waals surface area (Å²) in [5, 5.41) is 7.46. The summed E-state index contributed by atoms with van der Waals surface area (Å²) in [4.78, 5) is 4.66. The zero-order valence-electron chi connectivity index (χ0n) is 10.4. The van der Waals surface area contributed by atoms with Crippen LogP contribution in [0.15, 0.2) is 22.7 Å². The molecular weight excluding hydrogens is 290 g/mol. The van der Waals surface area contributed by atoms with E-state index in [2.05, 4.69) is 56.2 Å². The lowest BCUT2D eigenvalue weighted by molar-refractivity contribution is 0.672. The molecule has 1 aromatic heterocycles. The van der Waals surface area contributed by atoms with Crippen LogP contribution in [0, 0.1) is 6.92 Å². The van der Waals surface area contributed by atoms with Gasteiger partial charge in [-0.3, -0.25) is 5.10 Å². The number of halogens is 1. The third kappa shape index (κ3) is 2.34.